The molecule has 0 aliphatic carbocycles. The highest BCUT2D eigenvalue weighted by Gasteiger charge is 2.22. The van der Waals surface area contributed by atoms with E-state index in [1.54, 1.807) is 40.9 Å². The van der Waals surface area contributed by atoms with E-state index in [2.05, 4.69) is 34.9 Å². The maximum Gasteiger partial charge on any atom is 0.186 e. The highest BCUT2D eigenvalue weighted by molar-refractivity contribution is 7.90. The van der Waals surface area contributed by atoms with Crippen LogP contribution < -0.4 is 9.80 Å². The van der Waals surface area contributed by atoms with E-state index in [-0.39, 0.29) is 0 Å². The molecule has 1 fully saturated rings. The molecule has 1 aliphatic heterocycles. The number of fused-ring (bicyclic) bond motifs is 2. The van der Waals surface area contributed by atoms with E-state index in [9.17, 15) is 8.42 Å². The molecule has 0 N–H and O–H groups in total. The Morgan fingerprint density at radius 1 is 0.867 bits per heavy atom. The smallest absolute Gasteiger partial charge is 0.186 e. The van der Waals surface area contributed by atoms with Crippen molar-refractivity contribution in [1.29, 1.82) is 0 Å². The summed E-state index contributed by atoms with van der Waals surface area (Å²) in [5.41, 5.74) is 3.27. The number of benzene rings is 2. The molecule has 9 heteroatoms. The molecule has 1 saturated heterocycles. The van der Waals surface area contributed by atoms with Crippen LogP contribution in [0.4, 0.5) is 10.3 Å². The number of aromatic nitrogens is 2. The van der Waals surface area contributed by atoms with Crippen LogP contribution in [0.25, 0.3) is 20.4 Å². The van der Waals surface area contributed by atoms with Gasteiger partial charge in [-0.15, -0.1) is 0 Å². The first-order chi connectivity index (χ1) is 14.4. The zero-order valence-corrected chi connectivity index (χ0v) is 19.3. The van der Waals surface area contributed by atoms with E-state index in [1.165, 1.54) is 16.5 Å². The standard InChI is InChI=1S/C21H22N4O2S3/c1-3-14-4-6-16-18(12-14)28-20(22-16)24-8-10-25(11-9-24)21-23-17-7-5-15(30(2,26)27)13-19(17)29-21/h4-7,12-13H,3,8-11H2,1-2H3. The quantitative estimate of drug-likeness (QED) is 0.457. The fourth-order valence-corrected chi connectivity index (χ4v) is 6.52. The van der Waals surface area contributed by atoms with Crippen molar-refractivity contribution in [3.8, 4) is 0 Å². The number of thiazole rings is 2. The molecule has 0 radical (unpaired) electrons. The number of nitrogens with zero attached hydrogens (tertiary/aromatic N) is 4. The fraction of sp³-hybridized carbons (Fsp3) is 0.333. The van der Waals surface area contributed by atoms with Gasteiger partial charge in [-0.3, -0.25) is 0 Å². The second-order valence-corrected chi connectivity index (χ2v) is 11.6. The SMILES string of the molecule is CCc1ccc2nc(N3CCN(c4nc5ccc(S(C)(=O)=O)cc5s4)CC3)sc2c1. The first-order valence-electron chi connectivity index (χ1n) is 9.91. The van der Waals surface area contributed by atoms with Crippen molar-refractivity contribution in [1.82, 2.24) is 9.97 Å². The molecule has 2 aromatic carbocycles. The summed E-state index contributed by atoms with van der Waals surface area (Å²) in [6, 6.07) is 11.7. The van der Waals surface area contributed by atoms with E-state index in [1.807, 2.05) is 0 Å². The van der Waals surface area contributed by atoms with Crippen LogP contribution in [-0.4, -0.2) is 50.8 Å². The van der Waals surface area contributed by atoms with Gasteiger partial charge in [-0.05, 0) is 42.3 Å². The monoisotopic (exact) mass is 458 g/mol. The Labute approximate surface area is 183 Å². The van der Waals surface area contributed by atoms with Gasteiger partial charge in [0.2, 0.25) is 0 Å². The molecule has 0 saturated carbocycles. The highest BCUT2D eigenvalue weighted by atomic mass is 32.2. The Morgan fingerprint density at radius 2 is 1.40 bits per heavy atom. The van der Waals surface area contributed by atoms with Gasteiger partial charge in [-0.2, -0.15) is 0 Å². The second kappa shape index (κ2) is 7.47. The van der Waals surface area contributed by atoms with E-state index < -0.39 is 9.84 Å². The zero-order valence-electron chi connectivity index (χ0n) is 16.8. The van der Waals surface area contributed by atoms with Gasteiger partial charge in [0.15, 0.2) is 20.1 Å². The predicted molar refractivity (Wildman–Crippen MR) is 126 cm³/mol. The molecule has 5 rings (SSSR count). The van der Waals surface area contributed by atoms with E-state index in [4.69, 9.17) is 9.97 Å². The third-order valence-electron chi connectivity index (χ3n) is 5.45. The molecule has 0 atom stereocenters. The van der Waals surface area contributed by atoms with Gasteiger partial charge >= 0.3 is 0 Å². The van der Waals surface area contributed by atoms with Crippen molar-refractivity contribution in [3.05, 3.63) is 42.0 Å². The first-order valence-corrected chi connectivity index (χ1v) is 13.4. The number of aryl methyl sites for hydroxylation is 1. The van der Waals surface area contributed by atoms with Crippen LogP contribution in [-0.2, 0) is 16.3 Å². The summed E-state index contributed by atoms with van der Waals surface area (Å²) in [5, 5.41) is 2.03. The van der Waals surface area contributed by atoms with Crippen molar-refractivity contribution < 1.29 is 8.42 Å². The summed E-state index contributed by atoms with van der Waals surface area (Å²) in [4.78, 5) is 14.5. The predicted octanol–water partition coefficient (Wildman–Crippen LogP) is 4.20. The van der Waals surface area contributed by atoms with Gasteiger partial charge in [-0.25, -0.2) is 18.4 Å². The van der Waals surface area contributed by atoms with Crippen molar-refractivity contribution >= 4 is 63.2 Å². The van der Waals surface area contributed by atoms with E-state index >= 15 is 0 Å². The molecular weight excluding hydrogens is 436 g/mol. The summed E-state index contributed by atoms with van der Waals surface area (Å²) in [6.45, 7) is 5.70. The van der Waals surface area contributed by atoms with Gasteiger partial charge in [0.25, 0.3) is 0 Å². The van der Waals surface area contributed by atoms with Crippen LogP contribution >= 0.6 is 22.7 Å². The summed E-state index contributed by atoms with van der Waals surface area (Å²) < 4.78 is 25.8. The van der Waals surface area contributed by atoms with Gasteiger partial charge < -0.3 is 9.80 Å². The lowest BCUT2D eigenvalue weighted by molar-refractivity contribution is 0.602. The molecule has 4 aromatic rings. The third-order valence-corrected chi connectivity index (χ3v) is 8.72. The number of sulfone groups is 1. The lowest BCUT2D eigenvalue weighted by Gasteiger charge is -2.34. The van der Waals surface area contributed by atoms with E-state index in [0.29, 0.717) is 4.90 Å². The van der Waals surface area contributed by atoms with Crippen LogP contribution in [0.1, 0.15) is 12.5 Å². The average Bonchev–Trinajstić information content (AvgIpc) is 3.36. The topological polar surface area (TPSA) is 66.4 Å². The van der Waals surface area contributed by atoms with Crippen molar-refractivity contribution in [2.75, 3.05) is 42.2 Å². The number of hydrogen-bond donors (Lipinski definition) is 0. The minimum atomic E-state index is -3.21. The Balaban J connectivity index is 1.33. The first kappa shape index (κ1) is 19.7. The van der Waals surface area contributed by atoms with Crippen LogP contribution in [0.2, 0.25) is 0 Å². The van der Waals surface area contributed by atoms with Crippen molar-refractivity contribution in [2.24, 2.45) is 0 Å². The molecule has 0 amide bonds. The Kier molecular flexibility index (Phi) is 4.91. The summed E-state index contributed by atoms with van der Waals surface area (Å²) in [5.74, 6) is 0. The zero-order chi connectivity index (χ0) is 20.9. The molecule has 6 nitrogen and oxygen atoms in total. The van der Waals surface area contributed by atoms with Gasteiger partial charge in [-0.1, -0.05) is 35.7 Å². The Bertz CT molecular complexity index is 1340. The summed E-state index contributed by atoms with van der Waals surface area (Å²) in [6.07, 6.45) is 2.27. The van der Waals surface area contributed by atoms with Gasteiger partial charge in [0.1, 0.15) is 0 Å². The lowest BCUT2D eigenvalue weighted by atomic mass is 10.2. The van der Waals surface area contributed by atoms with Crippen LogP contribution in [0.15, 0.2) is 41.3 Å². The third kappa shape index (κ3) is 3.66. The van der Waals surface area contributed by atoms with Gasteiger partial charge in [0.05, 0.1) is 25.3 Å². The highest BCUT2D eigenvalue weighted by Crippen LogP contribution is 2.33. The lowest BCUT2D eigenvalue weighted by Crippen LogP contribution is -2.46. The van der Waals surface area contributed by atoms with E-state index in [0.717, 1.165) is 58.6 Å². The molecule has 30 heavy (non-hydrogen) atoms. The van der Waals surface area contributed by atoms with Crippen LogP contribution in [0.3, 0.4) is 0 Å². The second-order valence-electron chi connectivity index (χ2n) is 7.52. The molecule has 2 aromatic heterocycles. The Hall–Kier alpha value is -2.23. The van der Waals surface area contributed by atoms with Crippen LogP contribution in [0.5, 0.6) is 0 Å². The molecule has 3 heterocycles. The summed E-state index contributed by atoms with van der Waals surface area (Å²) in [7, 11) is -3.21. The van der Waals surface area contributed by atoms with Crippen molar-refractivity contribution in [3.63, 3.8) is 0 Å². The number of anilines is 2. The fourth-order valence-electron chi connectivity index (χ4n) is 3.66. The molecule has 0 bridgehead atoms. The number of piperazine rings is 1. The molecule has 0 unspecified atom stereocenters. The number of rotatable bonds is 4. The largest absolute Gasteiger partial charge is 0.345 e. The Morgan fingerprint density at radius 3 is 1.93 bits per heavy atom. The maximum absolute atomic E-state index is 11.8. The molecule has 0 spiro atoms. The summed E-state index contributed by atoms with van der Waals surface area (Å²) >= 11 is 3.32. The van der Waals surface area contributed by atoms with Gasteiger partial charge in [0, 0.05) is 32.4 Å². The normalized spacial score (nSPS) is 15.4. The number of hydrogen-bond acceptors (Lipinski definition) is 8. The van der Waals surface area contributed by atoms with Crippen molar-refractivity contribution in [2.45, 2.75) is 18.2 Å². The van der Waals surface area contributed by atoms with Crippen LogP contribution in [0, 0.1) is 0 Å². The maximum atomic E-state index is 11.8. The minimum Gasteiger partial charge on any atom is -0.345 e. The molecular formula is C21H22N4O2S3. The average molecular weight is 459 g/mol. The molecule has 156 valence electrons. The minimum absolute atomic E-state index is 0.345. The molecule has 1 aliphatic rings.